The molecule has 0 spiro atoms. The van der Waals surface area contributed by atoms with Crippen molar-refractivity contribution in [2.24, 2.45) is 17.6 Å². The third-order valence-electron chi connectivity index (χ3n) is 5.00. The molecule has 2 bridgehead atoms. The summed E-state index contributed by atoms with van der Waals surface area (Å²) in [5.74, 6) is 1.36. The molecule has 1 aromatic heterocycles. The van der Waals surface area contributed by atoms with Crippen molar-refractivity contribution in [3.63, 3.8) is 0 Å². The summed E-state index contributed by atoms with van der Waals surface area (Å²) in [6, 6.07) is 3.92. The highest BCUT2D eigenvalue weighted by molar-refractivity contribution is 7.18. The first-order valence-electron chi connectivity index (χ1n) is 7.17. The van der Waals surface area contributed by atoms with Crippen LogP contribution in [0.1, 0.15) is 35.8 Å². The van der Waals surface area contributed by atoms with Crippen LogP contribution in [-0.2, 0) is 6.18 Å². The largest absolute Gasteiger partial charge is 0.416 e. The maximum absolute atomic E-state index is 12.8. The third kappa shape index (κ3) is 2.07. The average Bonchev–Trinajstić information content (AvgIpc) is 3.09. The Morgan fingerprint density at radius 2 is 1.95 bits per heavy atom. The van der Waals surface area contributed by atoms with E-state index in [1.807, 2.05) is 0 Å². The van der Waals surface area contributed by atoms with Crippen LogP contribution in [0.4, 0.5) is 13.2 Å². The lowest BCUT2D eigenvalue weighted by molar-refractivity contribution is -0.137. The van der Waals surface area contributed by atoms with Crippen LogP contribution in [0.3, 0.4) is 0 Å². The highest BCUT2D eigenvalue weighted by atomic mass is 32.1. The molecule has 2 nitrogen and oxygen atoms in total. The molecule has 0 radical (unpaired) electrons. The number of aromatic nitrogens is 1. The van der Waals surface area contributed by atoms with Crippen LogP contribution in [0.2, 0.25) is 0 Å². The first-order valence-corrected chi connectivity index (χ1v) is 7.98. The number of alkyl halides is 3. The first kappa shape index (κ1) is 13.5. The van der Waals surface area contributed by atoms with Crippen molar-refractivity contribution in [2.45, 2.75) is 37.4 Å². The number of hydrogen-bond donors (Lipinski definition) is 1. The molecule has 0 aliphatic heterocycles. The fourth-order valence-electron chi connectivity index (χ4n) is 3.97. The molecule has 4 atom stereocenters. The molecule has 21 heavy (non-hydrogen) atoms. The maximum atomic E-state index is 12.8. The number of halogens is 3. The van der Waals surface area contributed by atoms with Gasteiger partial charge in [0.25, 0.3) is 0 Å². The SMILES string of the molecule is NC1C2CCC(C2)C1c1nc2cc(C(F)(F)F)ccc2s1. The van der Waals surface area contributed by atoms with Crippen LogP contribution in [0, 0.1) is 11.8 Å². The minimum absolute atomic E-state index is 0.117. The van der Waals surface area contributed by atoms with E-state index in [0.717, 1.165) is 28.3 Å². The summed E-state index contributed by atoms with van der Waals surface area (Å²) < 4.78 is 39.1. The lowest BCUT2D eigenvalue weighted by Gasteiger charge is -2.26. The Morgan fingerprint density at radius 3 is 2.62 bits per heavy atom. The molecule has 4 unspecified atom stereocenters. The van der Waals surface area contributed by atoms with Crippen LogP contribution in [-0.4, -0.2) is 11.0 Å². The van der Waals surface area contributed by atoms with E-state index < -0.39 is 11.7 Å². The normalized spacial score (nSPS) is 32.2. The number of nitrogens with zero attached hydrogens (tertiary/aromatic N) is 1. The Bertz CT molecular complexity index is 692. The number of rotatable bonds is 1. The Morgan fingerprint density at radius 1 is 1.19 bits per heavy atom. The predicted molar refractivity (Wildman–Crippen MR) is 76.2 cm³/mol. The fourth-order valence-corrected chi connectivity index (χ4v) is 5.17. The summed E-state index contributed by atoms with van der Waals surface area (Å²) in [5.41, 5.74) is 6.11. The third-order valence-corrected chi connectivity index (χ3v) is 6.13. The van der Waals surface area contributed by atoms with E-state index in [4.69, 9.17) is 5.73 Å². The van der Waals surface area contributed by atoms with Gasteiger partial charge in [-0.2, -0.15) is 13.2 Å². The molecular weight excluding hydrogens is 297 g/mol. The van der Waals surface area contributed by atoms with Crippen molar-refractivity contribution in [1.29, 1.82) is 0 Å². The average molecular weight is 312 g/mol. The molecule has 2 aromatic rings. The molecule has 2 aliphatic rings. The topological polar surface area (TPSA) is 38.9 Å². The number of hydrogen-bond acceptors (Lipinski definition) is 3. The number of benzene rings is 1. The van der Waals surface area contributed by atoms with Crippen LogP contribution < -0.4 is 5.73 Å². The predicted octanol–water partition coefficient (Wildman–Crippen LogP) is 4.16. The van der Waals surface area contributed by atoms with Gasteiger partial charge in [0.15, 0.2) is 0 Å². The van der Waals surface area contributed by atoms with Crippen LogP contribution in [0.25, 0.3) is 10.2 Å². The van der Waals surface area contributed by atoms with Crippen LogP contribution in [0.15, 0.2) is 18.2 Å². The smallest absolute Gasteiger partial charge is 0.327 e. The molecule has 1 aromatic carbocycles. The van der Waals surface area contributed by atoms with Gasteiger partial charge in [0.05, 0.1) is 20.8 Å². The second-order valence-electron chi connectivity index (χ2n) is 6.17. The standard InChI is InChI=1S/C15H15F3N2S/c16-15(17,18)9-3-4-11-10(6-9)20-14(21-11)12-7-1-2-8(5-7)13(12)19/h3-4,6-8,12-13H,1-2,5,19H2. The van der Waals surface area contributed by atoms with Crippen LogP contribution in [0.5, 0.6) is 0 Å². The molecule has 2 N–H and O–H groups in total. The zero-order chi connectivity index (χ0) is 14.8. The van der Waals surface area contributed by atoms with Gasteiger partial charge in [0.2, 0.25) is 0 Å². The van der Waals surface area contributed by atoms with Gasteiger partial charge in [-0.3, -0.25) is 0 Å². The maximum Gasteiger partial charge on any atom is 0.416 e. The summed E-state index contributed by atoms with van der Waals surface area (Å²) in [7, 11) is 0. The van der Waals surface area contributed by atoms with Gasteiger partial charge < -0.3 is 5.73 Å². The number of fused-ring (bicyclic) bond motifs is 3. The van der Waals surface area contributed by atoms with Gasteiger partial charge in [-0.25, -0.2) is 4.98 Å². The van der Waals surface area contributed by atoms with Crippen molar-refractivity contribution >= 4 is 21.6 Å². The van der Waals surface area contributed by atoms with Crippen molar-refractivity contribution < 1.29 is 13.2 Å². The molecule has 6 heteroatoms. The van der Waals surface area contributed by atoms with Gasteiger partial charge in [-0.1, -0.05) is 0 Å². The summed E-state index contributed by atoms with van der Waals surface area (Å²) in [5, 5.41) is 0.920. The van der Waals surface area contributed by atoms with E-state index in [1.54, 1.807) is 0 Å². The van der Waals surface area contributed by atoms with Gasteiger partial charge in [-0.15, -0.1) is 11.3 Å². The van der Waals surface area contributed by atoms with E-state index in [9.17, 15) is 13.2 Å². The summed E-state index contributed by atoms with van der Waals surface area (Å²) in [6.45, 7) is 0. The summed E-state index contributed by atoms with van der Waals surface area (Å²) in [4.78, 5) is 4.48. The zero-order valence-electron chi connectivity index (χ0n) is 11.2. The second kappa shape index (κ2) is 4.43. The lowest BCUT2D eigenvalue weighted by atomic mass is 9.85. The van der Waals surface area contributed by atoms with Crippen molar-refractivity contribution in [2.75, 3.05) is 0 Å². The Hall–Kier alpha value is -1.14. The van der Waals surface area contributed by atoms with E-state index in [-0.39, 0.29) is 12.0 Å². The Labute approximate surface area is 124 Å². The molecular formula is C15H15F3N2S. The highest BCUT2D eigenvalue weighted by Crippen LogP contribution is 2.53. The summed E-state index contributed by atoms with van der Waals surface area (Å²) >= 11 is 1.50. The molecule has 2 aliphatic carbocycles. The van der Waals surface area contributed by atoms with E-state index >= 15 is 0 Å². The monoisotopic (exact) mass is 312 g/mol. The Balaban J connectivity index is 1.74. The molecule has 4 rings (SSSR count). The van der Waals surface area contributed by atoms with Crippen LogP contribution >= 0.6 is 11.3 Å². The van der Waals surface area contributed by atoms with E-state index in [2.05, 4.69) is 4.98 Å². The van der Waals surface area contributed by atoms with Gasteiger partial charge >= 0.3 is 6.18 Å². The van der Waals surface area contributed by atoms with Gasteiger partial charge in [0, 0.05) is 12.0 Å². The molecule has 0 amide bonds. The number of nitrogens with two attached hydrogens (primary N) is 1. The number of thiazole rings is 1. The van der Waals surface area contributed by atoms with Crippen molar-refractivity contribution in [3.05, 3.63) is 28.8 Å². The highest BCUT2D eigenvalue weighted by Gasteiger charge is 2.47. The van der Waals surface area contributed by atoms with Crippen molar-refractivity contribution in [3.8, 4) is 0 Å². The van der Waals surface area contributed by atoms with Crippen molar-refractivity contribution in [1.82, 2.24) is 4.98 Å². The quantitative estimate of drug-likeness (QED) is 0.859. The molecule has 0 saturated heterocycles. The first-order chi connectivity index (χ1) is 9.93. The Kier molecular flexibility index (Phi) is 2.85. The minimum atomic E-state index is -4.32. The van der Waals surface area contributed by atoms with Gasteiger partial charge in [-0.05, 0) is 49.3 Å². The summed E-state index contributed by atoms with van der Waals surface area (Å²) in [6.07, 6.45) is -0.811. The molecule has 2 saturated carbocycles. The second-order valence-corrected chi connectivity index (χ2v) is 7.23. The molecule has 1 heterocycles. The zero-order valence-corrected chi connectivity index (χ0v) is 12.0. The van der Waals surface area contributed by atoms with Gasteiger partial charge in [0.1, 0.15) is 0 Å². The fraction of sp³-hybridized carbons (Fsp3) is 0.533. The van der Waals surface area contributed by atoms with E-state index in [0.29, 0.717) is 17.4 Å². The van der Waals surface area contributed by atoms with E-state index in [1.165, 1.54) is 30.2 Å². The lowest BCUT2D eigenvalue weighted by Crippen LogP contribution is -2.33. The molecule has 112 valence electrons. The minimum Gasteiger partial charge on any atom is -0.327 e. The molecule has 2 fully saturated rings.